The van der Waals surface area contributed by atoms with Crippen LogP contribution in [0.15, 0.2) is 36.5 Å². The van der Waals surface area contributed by atoms with E-state index in [0.29, 0.717) is 6.54 Å². The fourth-order valence-electron chi connectivity index (χ4n) is 1.51. The van der Waals surface area contributed by atoms with Crippen LogP contribution in [0.25, 0.3) is 10.9 Å². The number of carbonyl (C=O) groups is 1. The summed E-state index contributed by atoms with van der Waals surface area (Å²) in [5.74, 6) is 5.88. The molecule has 84 valence electrons. The molecule has 2 rings (SSSR count). The summed E-state index contributed by atoms with van der Waals surface area (Å²) >= 11 is 0. The van der Waals surface area contributed by atoms with Gasteiger partial charge in [0, 0.05) is 24.1 Å². The van der Waals surface area contributed by atoms with Gasteiger partial charge in [0.25, 0.3) is 0 Å². The Kier molecular flexibility index (Phi) is 3.37. The smallest absolute Gasteiger partial charge is 0.217 e. The Morgan fingerprint density at radius 1 is 1.35 bits per heavy atom. The third kappa shape index (κ3) is 2.82. The van der Waals surface area contributed by atoms with Crippen LogP contribution in [0.1, 0.15) is 12.5 Å². The topological polar surface area (TPSA) is 42.0 Å². The van der Waals surface area contributed by atoms with E-state index < -0.39 is 0 Å². The maximum absolute atomic E-state index is 10.7. The quantitative estimate of drug-likeness (QED) is 0.749. The second kappa shape index (κ2) is 5.13. The molecule has 0 saturated heterocycles. The summed E-state index contributed by atoms with van der Waals surface area (Å²) in [6.45, 7) is 1.84. The fourth-order valence-corrected chi connectivity index (χ4v) is 1.51. The van der Waals surface area contributed by atoms with Crippen LogP contribution >= 0.6 is 0 Å². The number of pyridine rings is 1. The molecule has 0 unspecified atom stereocenters. The van der Waals surface area contributed by atoms with Crippen molar-refractivity contribution in [1.29, 1.82) is 0 Å². The molecule has 0 fully saturated rings. The lowest BCUT2D eigenvalue weighted by molar-refractivity contribution is -0.118. The summed E-state index contributed by atoms with van der Waals surface area (Å²) < 4.78 is 0. The van der Waals surface area contributed by atoms with E-state index in [1.165, 1.54) is 6.92 Å². The number of nitrogens with zero attached hydrogens (tertiary/aromatic N) is 1. The Bertz CT molecular complexity index is 603. The molecule has 1 heterocycles. The van der Waals surface area contributed by atoms with Gasteiger partial charge in [0.15, 0.2) is 0 Å². The summed E-state index contributed by atoms with van der Waals surface area (Å²) in [4.78, 5) is 14.9. The largest absolute Gasteiger partial charge is 0.345 e. The minimum absolute atomic E-state index is 0.0705. The number of para-hydroxylation sites is 1. The minimum atomic E-state index is -0.0705. The van der Waals surface area contributed by atoms with Crippen molar-refractivity contribution in [3.63, 3.8) is 0 Å². The maximum atomic E-state index is 10.7. The Morgan fingerprint density at radius 2 is 2.18 bits per heavy atom. The van der Waals surface area contributed by atoms with Crippen molar-refractivity contribution in [2.24, 2.45) is 0 Å². The first-order chi connectivity index (χ1) is 8.27. The summed E-state index contributed by atoms with van der Waals surface area (Å²) in [5.41, 5.74) is 1.86. The summed E-state index contributed by atoms with van der Waals surface area (Å²) in [6, 6.07) is 9.73. The number of aromatic nitrogens is 1. The van der Waals surface area contributed by atoms with Gasteiger partial charge in [0.05, 0.1) is 12.1 Å². The van der Waals surface area contributed by atoms with Gasteiger partial charge in [-0.25, -0.2) is 0 Å². The molecular formula is C14H12N2O. The van der Waals surface area contributed by atoms with Crippen molar-refractivity contribution in [1.82, 2.24) is 10.3 Å². The number of fused-ring (bicyclic) bond motifs is 1. The molecule has 0 aliphatic rings. The van der Waals surface area contributed by atoms with Gasteiger partial charge in [-0.1, -0.05) is 30.0 Å². The third-order valence-electron chi connectivity index (χ3n) is 2.30. The highest BCUT2D eigenvalue weighted by Gasteiger charge is 1.97. The number of nitrogens with one attached hydrogen (secondary N) is 1. The van der Waals surface area contributed by atoms with Crippen LogP contribution in [0.5, 0.6) is 0 Å². The Morgan fingerprint density at radius 3 is 3.00 bits per heavy atom. The molecule has 0 aliphatic carbocycles. The standard InChI is InChI=1S/C14H12N2O/c1-11(17)15-9-4-5-12-8-10-16-14-7-3-2-6-13(12)14/h2-3,6-8,10H,9H2,1H3,(H,15,17). The monoisotopic (exact) mass is 224 g/mol. The predicted octanol–water partition coefficient (Wildman–Crippen LogP) is 1.72. The van der Waals surface area contributed by atoms with Gasteiger partial charge in [0.2, 0.25) is 5.91 Å². The zero-order chi connectivity index (χ0) is 12.1. The van der Waals surface area contributed by atoms with Gasteiger partial charge in [0.1, 0.15) is 0 Å². The molecule has 1 N–H and O–H groups in total. The molecule has 0 bridgehead atoms. The van der Waals surface area contributed by atoms with Crippen molar-refractivity contribution in [3.8, 4) is 11.8 Å². The van der Waals surface area contributed by atoms with Gasteiger partial charge < -0.3 is 5.32 Å². The lowest BCUT2D eigenvalue weighted by Gasteiger charge is -1.98. The molecule has 1 amide bonds. The average Bonchev–Trinajstić information content (AvgIpc) is 2.34. The van der Waals surface area contributed by atoms with E-state index in [4.69, 9.17) is 0 Å². The van der Waals surface area contributed by atoms with Crippen molar-refractivity contribution in [2.75, 3.05) is 6.54 Å². The van der Waals surface area contributed by atoms with Gasteiger partial charge in [-0.2, -0.15) is 0 Å². The molecule has 0 saturated carbocycles. The Hall–Kier alpha value is -2.34. The third-order valence-corrected chi connectivity index (χ3v) is 2.30. The number of amides is 1. The number of rotatable bonds is 1. The van der Waals surface area contributed by atoms with Gasteiger partial charge in [-0.05, 0) is 12.1 Å². The Balaban J connectivity index is 2.26. The van der Waals surface area contributed by atoms with Crippen molar-refractivity contribution < 1.29 is 4.79 Å². The van der Waals surface area contributed by atoms with Crippen molar-refractivity contribution in [2.45, 2.75) is 6.92 Å². The molecule has 0 aliphatic heterocycles. The van der Waals surface area contributed by atoms with E-state index in [2.05, 4.69) is 22.1 Å². The summed E-state index contributed by atoms with van der Waals surface area (Å²) in [7, 11) is 0. The van der Waals surface area contributed by atoms with Crippen molar-refractivity contribution in [3.05, 3.63) is 42.1 Å². The lowest BCUT2D eigenvalue weighted by atomic mass is 10.1. The second-order valence-corrected chi connectivity index (χ2v) is 3.59. The van der Waals surface area contributed by atoms with E-state index in [9.17, 15) is 4.79 Å². The van der Waals surface area contributed by atoms with E-state index in [0.717, 1.165) is 16.5 Å². The lowest BCUT2D eigenvalue weighted by Crippen LogP contribution is -2.19. The maximum Gasteiger partial charge on any atom is 0.217 e. The highest BCUT2D eigenvalue weighted by atomic mass is 16.1. The van der Waals surface area contributed by atoms with Crippen LogP contribution in [0.3, 0.4) is 0 Å². The van der Waals surface area contributed by atoms with E-state index in [1.54, 1.807) is 6.20 Å². The van der Waals surface area contributed by atoms with Crippen LogP contribution < -0.4 is 5.32 Å². The van der Waals surface area contributed by atoms with Crippen LogP contribution in [-0.2, 0) is 4.79 Å². The first-order valence-corrected chi connectivity index (χ1v) is 5.34. The average molecular weight is 224 g/mol. The number of benzene rings is 1. The SMILES string of the molecule is CC(=O)NCC#Cc1ccnc2ccccc12. The highest BCUT2D eigenvalue weighted by molar-refractivity contribution is 5.84. The number of carbonyl (C=O) groups excluding carboxylic acids is 1. The van der Waals surface area contributed by atoms with E-state index >= 15 is 0 Å². The van der Waals surface area contributed by atoms with Crippen LogP contribution in [0.2, 0.25) is 0 Å². The van der Waals surface area contributed by atoms with Gasteiger partial charge in [-0.3, -0.25) is 9.78 Å². The predicted molar refractivity (Wildman–Crippen MR) is 67.3 cm³/mol. The molecule has 3 heteroatoms. The van der Waals surface area contributed by atoms with E-state index in [-0.39, 0.29) is 5.91 Å². The normalized spacial score (nSPS) is 9.47. The molecule has 0 atom stereocenters. The first kappa shape index (κ1) is 11.2. The summed E-state index contributed by atoms with van der Waals surface area (Å²) in [6.07, 6.45) is 1.74. The molecule has 0 radical (unpaired) electrons. The summed E-state index contributed by atoms with van der Waals surface area (Å²) in [5, 5.41) is 3.67. The molecular weight excluding hydrogens is 212 g/mol. The van der Waals surface area contributed by atoms with Crippen LogP contribution in [0, 0.1) is 11.8 Å². The van der Waals surface area contributed by atoms with Gasteiger partial charge in [-0.15, -0.1) is 0 Å². The zero-order valence-corrected chi connectivity index (χ0v) is 9.53. The number of hydrogen-bond acceptors (Lipinski definition) is 2. The van der Waals surface area contributed by atoms with Crippen molar-refractivity contribution >= 4 is 16.8 Å². The molecule has 1 aromatic carbocycles. The van der Waals surface area contributed by atoms with E-state index in [1.807, 2.05) is 30.3 Å². The highest BCUT2D eigenvalue weighted by Crippen LogP contribution is 2.14. The molecule has 3 nitrogen and oxygen atoms in total. The fraction of sp³-hybridized carbons (Fsp3) is 0.143. The van der Waals surface area contributed by atoms with Gasteiger partial charge >= 0.3 is 0 Å². The first-order valence-electron chi connectivity index (χ1n) is 5.34. The van der Waals surface area contributed by atoms with Crippen LogP contribution in [0.4, 0.5) is 0 Å². The molecule has 2 aromatic rings. The molecule has 1 aromatic heterocycles. The zero-order valence-electron chi connectivity index (χ0n) is 9.53. The molecule has 17 heavy (non-hydrogen) atoms. The molecule has 0 spiro atoms. The Labute approximate surface area is 99.9 Å². The number of hydrogen-bond donors (Lipinski definition) is 1. The minimum Gasteiger partial charge on any atom is -0.345 e. The van der Waals surface area contributed by atoms with Crippen LogP contribution in [-0.4, -0.2) is 17.4 Å². The second-order valence-electron chi connectivity index (χ2n) is 3.59.